The molecule has 2 aliphatic heterocycles. The van der Waals surface area contributed by atoms with Crippen LogP contribution >= 0.6 is 0 Å². The maximum absolute atomic E-state index is 12.2. The zero-order chi connectivity index (χ0) is 18.4. The van der Waals surface area contributed by atoms with Crippen LogP contribution in [0.2, 0.25) is 0 Å². The van der Waals surface area contributed by atoms with Crippen LogP contribution in [0.15, 0.2) is 11.1 Å². The van der Waals surface area contributed by atoms with E-state index in [1.165, 1.54) is 6.33 Å². The number of aromatic nitrogens is 4. The van der Waals surface area contributed by atoms with Crippen LogP contribution in [0.1, 0.15) is 6.23 Å². The van der Waals surface area contributed by atoms with E-state index in [2.05, 4.69) is 19.9 Å². The van der Waals surface area contributed by atoms with Crippen LogP contribution in [0.4, 0.5) is 5.95 Å². The molecule has 26 heavy (non-hydrogen) atoms. The fourth-order valence-electron chi connectivity index (χ4n) is 3.47. The number of hydrogen-bond donors (Lipinski definition) is 4. The lowest BCUT2D eigenvalue weighted by Crippen LogP contribution is -2.46. The number of likely N-dealkylation sites (N-methyl/N-ethyl adjacent to an activating group) is 1. The highest BCUT2D eigenvalue weighted by molar-refractivity contribution is 5.74. The number of aliphatic hydroxyl groups is 3. The van der Waals surface area contributed by atoms with Crippen molar-refractivity contribution >= 4 is 17.1 Å². The summed E-state index contributed by atoms with van der Waals surface area (Å²) in [5.41, 5.74) is 0.00700. The quantitative estimate of drug-likeness (QED) is 0.463. The molecule has 1 unspecified atom stereocenters. The molecular weight excluding hydrogens is 344 g/mol. The smallest absolute Gasteiger partial charge is 0.278 e. The highest BCUT2D eigenvalue weighted by atomic mass is 16.6. The second-order valence-corrected chi connectivity index (χ2v) is 6.70. The first-order valence-electron chi connectivity index (χ1n) is 8.53. The van der Waals surface area contributed by atoms with E-state index < -0.39 is 36.7 Å². The van der Waals surface area contributed by atoms with Crippen LogP contribution in [-0.2, 0) is 4.74 Å². The molecule has 0 aromatic carbocycles. The number of piperazine rings is 1. The van der Waals surface area contributed by atoms with E-state index in [1.54, 1.807) is 4.57 Å². The van der Waals surface area contributed by atoms with E-state index in [4.69, 9.17) is 4.74 Å². The minimum Gasteiger partial charge on any atom is -0.394 e. The molecule has 4 heterocycles. The average Bonchev–Trinajstić information content (AvgIpc) is 3.15. The van der Waals surface area contributed by atoms with E-state index in [9.17, 15) is 20.1 Å². The molecule has 4 rings (SSSR count). The Kier molecular flexibility index (Phi) is 4.40. The molecule has 0 spiro atoms. The number of anilines is 1. The van der Waals surface area contributed by atoms with Gasteiger partial charge in [-0.2, -0.15) is 0 Å². The molecule has 0 radical (unpaired) electrons. The number of rotatable bonds is 3. The van der Waals surface area contributed by atoms with Crippen molar-refractivity contribution in [1.82, 2.24) is 24.4 Å². The molecule has 2 saturated heterocycles. The summed E-state index contributed by atoms with van der Waals surface area (Å²) in [6.45, 7) is 2.59. The van der Waals surface area contributed by atoms with E-state index >= 15 is 0 Å². The SMILES string of the molecule is CN1CCN(c2nc3c(=O)[nH]cnc3n2C2O[C@@H](CO)[C@H](O)[C@@H]2O)CC1. The van der Waals surface area contributed by atoms with Gasteiger partial charge in [0.2, 0.25) is 5.95 Å². The predicted molar refractivity (Wildman–Crippen MR) is 90.9 cm³/mol. The molecular formula is C15H22N6O5. The first kappa shape index (κ1) is 17.4. The van der Waals surface area contributed by atoms with E-state index in [0.717, 1.165) is 13.1 Å². The Balaban J connectivity index is 1.83. The zero-order valence-electron chi connectivity index (χ0n) is 14.3. The number of aliphatic hydroxyl groups excluding tert-OH is 3. The predicted octanol–water partition coefficient (Wildman–Crippen LogP) is -2.52. The summed E-state index contributed by atoms with van der Waals surface area (Å²) >= 11 is 0. The van der Waals surface area contributed by atoms with Gasteiger partial charge in [-0.3, -0.25) is 9.36 Å². The summed E-state index contributed by atoms with van der Waals surface area (Å²) in [7, 11) is 2.03. The van der Waals surface area contributed by atoms with Gasteiger partial charge >= 0.3 is 0 Å². The van der Waals surface area contributed by atoms with Crippen LogP contribution in [0.5, 0.6) is 0 Å². The minimum absolute atomic E-state index is 0.138. The Hall–Kier alpha value is -2.05. The Morgan fingerprint density at radius 2 is 2.00 bits per heavy atom. The van der Waals surface area contributed by atoms with E-state index in [-0.39, 0.29) is 11.2 Å². The van der Waals surface area contributed by atoms with Gasteiger partial charge in [0.05, 0.1) is 12.9 Å². The molecule has 4 atom stereocenters. The summed E-state index contributed by atoms with van der Waals surface area (Å²) < 4.78 is 7.20. The molecule has 0 saturated carbocycles. The summed E-state index contributed by atoms with van der Waals surface area (Å²) in [6.07, 6.45) is -3.19. The minimum atomic E-state index is -1.28. The maximum atomic E-state index is 12.2. The maximum Gasteiger partial charge on any atom is 0.278 e. The average molecular weight is 366 g/mol. The second kappa shape index (κ2) is 6.59. The molecule has 2 aromatic rings. The third-order valence-electron chi connectivity index (χ3n) is 5.02. The molecule has 11 nitrogen and oxygen atoms in total. The topological polar surface area (TPSA) is 140 Å². The molecule has 2 aromatic heterocycles. The van der Waals surface area contributed by atoms with Crippen molar-refractivity contribution in [3.8, 4) is 0 Å². The second-order valence-electron chi connectivity index (χ2n) is 6.70. The molecule has 142 valence electrons. The number of H-pyrrole nitrogens is 1. The first-order chi connectivity index (χ1) is 12.5. The van der Waals surface area contributed by atoms with E-state index in [0.29, 0.717) is 19.0 Å². The molecule has 2 aliphatic rings. The number of ether oxygens (including phenoxy) is 1. The van der Waals surface area contributed by atoms with Gasteiger partial charge in [0.15, 0.2) is 17.4 Å². The third kappa shape index (κ3) is 2.68. The van der Waals surface area contributed by atoms with Gasteiger partial charge in [0.1, 0.15) is 18.3 Å². The lowest BCUT2D eigenvalue weighted by molar-refractivity contribution is -0.0505. The molecule has 2 fully saturated rings. The standard InChI is InChI=1S/C15H22N6O5/c1-19-2-4-20(5-3-19)15-18-9-12(16-7-17-13(9)25)21(15)14-11(24)10(23)8(6-22)26-14/h7-8,10-11,14,22-24H,2-6H2,1H3,(H,16,17,25)/t8-,10-,11-,14?/m0/s1. The fraction of sp³-hybridized carbons (Fsp3) is 0.667. The number of nitrogens with one attached hydrogen (secondary N) is 1. The Bertz CT molecular complexity index is 845. The van der Waals surface area contributed by atoms with Crippen LogP contribution in [0.3, 0.4) is 0 Å². The van der Waals surface area contributed by atoms with Gasteiger partial charge in [-0.05, 0) is 7.05 Å². The Morgan fingerprint density at radius 1 is 1.27 bits per heavy atom. The number of hydrogen-bond acceptors (Lipinski definition) is 9. The zero-order valence-corrected chi connectivity index (χ0v) is 14.3. The third-order valence-corrected chi connectivity index (χ3v) is 5.02. The van der Waals surface area contributed by atoms with Gasteiger partial charge in [-0.25, -0.2) is 9.97 Å². The number of nitrogens with zero attached hydrogens (tertiary/aromatic N) is 5. The van der Waals surface area contributed by atoms with Gasteiger partial charge in [0, 0.05) is 26.2 Å². The molecule has 0 bridgehead atoms. The van der Waals surface area contributed by atoms with Gasteiger partial charge in [-0.15, -0.1) is 0 Å². The lowest BCUT2D eigenvalue weighted by Gasteiger charge is -2.34. The first-order valence-corrected chi connectivity index (χ1v) is 8.53. The van der Waals surface area contributed by atoms with E-state index in [1.807, 2.05) is 11.9 Å². The van der Waals surface area contributed by atoms with Crippen molar-refractivity contribution in [1.29, 1.82) is 0 Å². The summed E-state index contributed by atoms with van der Waals surface area (Å²) in [5.74, 6) is 0.451. The van der Waals surface area contributed by atoms with Crippen molar-refractivity contribution in [2.75, 3.05) is 44.7 Å². The van der Waals surface area contributed by atoms with Gasteiger partial charge in [0.25, 0.3) is 5.56 Å². The van der Waals surface area contributed by atoms with Crippen LogP contribution in [0.25, 0.3) is 11.2 Å². The monoisotopic (exact) mass is 366 g/mol. The number of fused-ring (bicyclic) bond motifs is 1. The number of aromatic amines is 1. The lowest BCUT2D eigenvalue weighted by atomic mass is 10.1. The van der Waals surface area contributed by atoms with Crippen LogP contribution < -0.4 is 10.5 Å². The normalized spacial score (nSPS) is 30.4. The van der Waals surface area contributed by atoms with Gasteiger partial charge in [-0.1, -0.05) is 0 Å². The van der Waals surface area contributed by atoms with Gasteiger partial charge < -0.3 is 34.8 Å². The number of imidazole rings is 1. The van der Waals surface area contributed by atoms with Crippen LogP contribution in [0, 0.1) is 0 Å². The molecule has 0 aliphatic carbocycles. The molecule has 11 heteroatoms. The van der Waals surface area contributed by atoms with Crippen molar-refractivity contribution in [3.05, 3.63) is 16.7 Å². The van der Waals surface area contributed by atoms with Crippen molar-refractivity contribution in [2.45, 2.75) is 24.5 Å². The van der Waals surface area contributed by atoms with Crippen LogP contribution in [-0.4, -0.2) is 97.9 Å². The van der Waals surface area contributed by atoms with Crippen molar-refractivity contribution in [3.63, 3.8) is 0 Å². The Labute approximate surface area is 148 Å². The Morgan fingerprint density at radius 3 is 2.65 bits per heavy atom. The largest absolute Gasteiger partial charge is 0.394 e. The molecule has 4 N–H and O–H groups in total. The summed E-state index contributed by atoms with van der Waals surface area (Å²) in [6, 6.07) is 0. The molecule has 0 amide bonds. The van der Waals surface area contributed by atoms with Crippen molar-refractivity contribution < 1.29 is 20.1 Å². The summed E-state index contributed by atoms with van der Waals surface area (Å²) in [4.78, 5) is 27.5. The summed E-state index contributed by atoms with van der Waals surface area (Å²) in [5, 5.41) is 29.9. The highest BCUT2D eigenvalue weighted by Crippen LogP contribution is 2.35. The highest BCUT2D eigenvalue weighted by Gasteiger charge is 2.45. The van der Waals surface area contributed by atoms with Crippen molar-refractivity contribution in [2.24, 2.45) is 0 Å². The fourth-order valence-corrected chi connectivity index (χ4v) is 3.47.